The molecule has 8 heteroatoms. The van der Waals surface area contributed by atoms with Gasteiger partial charge in [0.05, 0.1) is 4.90 Å². The molecule has 3 rings (SSSR count). The van der Waals surface area contributed by atoms with Crippen LogP contribution in [0.2, 0.25) is 0 Å². The van der Waals surface area contributed by atoms with Crippen LogP contribution in [0.5, 0.6) is 0 Å². The van der Waals surface area contributed by atoms with Crippen LogP contribution in [0, 0.1) is 19.8 Å². The molecular formula is C19H24ClN3O3S. The first-order chi connectivity index (χ1) is 12.3. The lowest BCUT2D eigenvalue weighted by Crippen LogP contribution is -2.48. The summed E-state index contributed by atoms with van der Waals surface area (Å²) in [4.78, 5) is 12.5. The SMILES string of the molecule is Cc1ccc(C)c(S(=O)(=O)Nc2cccc(C(=O)NCC3CNC3)c2)c1.Cl. The standard InChI is InChI=1S/C19H23N3O3S.ClH/c1-13-6-7-14(2)18(8-13)26(24,25)22-17-5-3-4-16(9-17)19(23)21-12-15-10-20-11-15;/h3-9,15,20,22H,10-12H2,1-2H3,(H,21,23);1H. The van der Waals surface area contributed by atoms with Gasteiger partial charge in [-0.15, -0.1) is 12.4 Å². The fourth-order valence-electron chi connectivity index (χ4n) is 2.76. The molecule has 27 heavy (non-hydrogen) atoms. The van der Waals surface area contributed by atoms with Crippen molar-refractivity contribution in [2.75, 3.05) is 24.4 Å². The van der Waals surface area contributed by atoms with Gasteiger partial charge >= 0.3 is 0 Å². The highest BCUT2D eigenvalue weighted by atomic mass is 35.5. The van der Waals surface area contributed by atoms with Gasteiger partial charge in [-0.3, -0.25) is 9.52 Å². The Balaban J connectivity index is 0.00000261. The molecule has 3 N–H and O–H groups in total. The van der Waals surface area contributed by atoms with Crippen LogP contribution in [0.3, 0.4) is 0 Å². The number of benzene rings is 2. The Hall–Kier alpha value is -2.09. The summed E-state index contributed by atoms with van der Waals surface area (Å²) in [6.45, 7) is 6.05. The number of halogens is 1. The molecule has 2 aromatic carbocycles. The second-order valence-corrected chi connectivity index (χ2v) is 8.34. The number of anilines is 1. The van der Waals surface area contributed by atoms with Crippen molar-refractivity contribution in [1.29, 1.82) is 0 Å². The predicted molar refractivity (Wildman–Crippen MR) is 109 cm³/mol. The van der Waals surface area contributed by atoms with E-state index in [-0.39, 0.29) is 23.2 Å². The van der Waals surface area contributed by atoms with Gasteiger partial charge in [-0.2, -0.15) is 0 Å². The number of hydrogen-bond acceptors (Lipinski definition) is 4. The molecule has 0 radical (unpaired) electrons. The van der Waals surface area contributed by atoms with E-state index in [4.69, 9.17) is 0 Å². The molecule has 1 aliphatic heterocycles. The van der Waals surface area contributed by atoms with Gasteiger partial charge in [0.25, 0.3) is 15.9 Å². The number of carbonyl (C=O) groups is 1. The van der Waals surface area contributed by atoms with E-state index in [1.165, 1.54) is 0 Å². The highest BCUT2D eigenvalue weighted by molar-refractivity contribution is 7.92. The predicted octanol–water partition coefficient (Wildman–Crippen LogP) is 2.48. The van der Waals surface area contributed by atoms with Crippen molar-refractivity contribution in [3.63, 3.8) is 0 Å². The van der Waals surface area contributed by atoms with Crippen molar-refractivity contribution in [1.82, 2.24) is 10.6 Å². The molecular weight excluding hydrogens is 386 g/mol. The van der Waals surface area contributed by atoms with Crippen LogP contribution >= 0.6 is 12.4 Å². The molecule has 0 saturated carbocycles. The third-order valence-corrected chi connectivity index (χ3v) is 5.95. The molecule has 1 fully saturated rings. The lowest BCUT2D eigenvalue weighted by molar-refractivity contribution is 0.0942. The third kappa shape index (κ3) is 5.22. The van der Waals surface area contributed by atoms with Crippen LogP contribution in [-0.4, -0.2) is 34.0 Å². The lowest BCUT2D eigenvalue weighted by Gasteiger charge is -2.27. The van der Waals surface area contributed by atoms with Crippen LogP contribution < -0.4 is 15.4 Å². The first kappa shape index (κ1) is 21.2. The van der Waals surface area contributed by atoms with Gasteiger partial charge in [-0.1, -0.05) is 18.2 Å². The summed E-state index contributed by atoms with van der Waals surface area (Å²) in [5.41, 5.74) is 2.34. The van der Waals surface area contributed by atoms with E-state index in [0.29, 0.717) is 29.3 Å². The van der Waals surface area contributed by atoms with Gasteiger partial charge in [-0.25, -0.2) is 8.42 Å². The minimum Gasteiger partial charge on any atom is -0.352 e. The van der Waals surface area contributed by atoms with Crippen molar-refractivity contribution in [2.45, 2.75) is 18.7 Å². The number of hydrogen-bond donors (Lipinski definition) is 3. The molecule has 1 heterocycles. The van der Waals surface area contributed by atoms with E-state index in [1.807, 2.05) is 13.0 Å². The number of sulfonamides is 1. The van der Waals surface area contributed by atoms with Crippen molar-refractivity contribution >= 4 is 34.0 Å². The Morgan fingerprint density at radius 2 is 1.89 bits per heavy atom. The molecule has 6 nitrogen and oxygen atoms in total. The molecule has 0 aliphatic carbocycles. The van der Waals surface area contributed by atoms with E-state index in [1.54, 1.807) is 43.3 Å². The number of amides is 1. The molecule has 0 unspecified atom stereocenters. The molecule has 1 amide bonds. The average molecular weight is 410 g/mol. The van der Waals surface area contributed by atoms with Crippen LogP contribution in [0.4, 0.5) is 5.69 Å². The van der Waals surface area contributed by atoms with Gasteiger partial charge in [0, 0.05) is 36.8 Å². The Labute approximate surface area is 166 Å². The molecule has 0 atom stereocenters. The quantitative estimate of drug-likeness (QED) is 0.684. The van der Waals surface area contributed by atoms with E-state index >= 15 is 0 Å². The molecule has 0 bridgehead atoms. The summed E-state index contributed by atoms with van der Waals surface area (Å²) in [6.07, 6.45) is 0. The smallest absolute Gasteiger partial charge is 0.262 e. The monoisotopic (exact) mass is 409 g/mol. The largest absolute Gasteiger partial charge is 0.352 e. The van der Waals surface area contributed by atoms with Crippen molar-refractivity contribution < 1.29 is 13.2 Å². The maximum atomic E-state index is 12.7. The number of carbonyl (C=O) groups excluding carboxylic acids is 1. The normalized spacial score (nSPS) is 14.0. The summed E-state index contributed by atoms with van der Waals surface area (Å²) >= 11 is 0. The first-order valence-electron chi connectivity index (χ1n) is 8.54. The van der Waals surface area contributed by atoms with Gasteiger partial charge in [0.15, 0.2) is 0 Å². The van der Waals surface area contributed by atoms with Gasteiger partial charge in [0.1, 0.15) is 0 Å². The summed E-state index contributed by atoms with van der Waals surface area (Å²) in [5, 5.41) is 6.04. The van der Waals surface area contributed by atoms with E-state index in [9.17, 15) is 13.2 Å². The summed E-state index contributed by atoms with van der Waals surface area (Å²) in [5.74, 6) is 0.259. The Morgan fingerprint density at radius 1 is 1.15 bits per heavy atom. The minimum absolute atomic E-state index is 0. The van der Waals surface area contributed by atoms with Gasteiger partial charge < -0.3 is 10.6 Å². The Kier molecular flexibility index (Phi) is 6.86. The van der Waals surface area contributed by atoms with E-state index in [2.05, 4.69) is 15.4 Å². The Morgan fingerprint density at radius 3 is 2.56 bits per heavy atom. The zero-order valence-electron chi connectivity index (χ0n) is 15.3. The molecule has 2 aromatic rings. The second-order valence-electron chi connectivity index (χ2n) is 6.69. The third-order valence-electron chi connectivity index (χ3n) is 4.43. The van der Waals surface area contributed by atoms with Gasteiger partial charge in [-0.05, 0) is 49.2 Å². The lowest BCUT2D eigenvalue weighted by atomic mass is 10.0. The number of rotatable bonds is 6. The summed E-state index contributed by atoms with van der Waals surface area (Å²) in [6, 6.07) is 11.8. The summed E-state index contributed by atoms with van der Waals surface area (Å²) < 4.78 is 28.0. The second kappa shape index (κ2) is 8.73. The fourth-order valence-corrected chi connectivity index (χ4v) is 4.14. The topological polar surface area (TPSA) is 87.3 Å². The molecule has 1 saturated heterocycles. The molecule has 0 spiro atoms. The number of aryl methyl sites for hydroxylation is 2. The Bertz CT molecular complexity index is 928. The average Bonchev–Trinajstić information content (AvgIpc) is 2.55. The summed E-state index contributed by atoms with van der Waals surface area (Å²) in [7, 11) is -3.72. The zero-order chi connectivity index (χ0) is 18.7. The van der Waals surface area contributed by atoms with Crippen molar-refractivity contribution in [2.24, 2.45) is 5.92 Å². The van der Waals surface area contributed by atoms with Crippen molar-refractivity contribution in [3.05, 3.63) is 59.2 Å². The molecule has 1 aliphatic rings. The maximum absolute atomic E-state index is 12.7. The van der Waals surface area contributed by atoms with E-state index in [0.717, 1.165) is 18.7 Å². The highest BCUT2D eigenvalue weighted by Gasteiger charge is 2.19. The van der Waals surface area contributed by atoms with E-state index < -0.39 is 10.0 Å². The van der Waals surface area contributed by atoms with Crippen LogP contribution in [0.1, 0.15) is 21.5 Å². The zero-order valence-corrected chi connectivity index (χ0v) is 16.9. The van der Waals surface area contributed by atoms with Crippen LogP contribution in [0.15, 0.2) is 47.4 Å². The van der Waals surface area contributed by atoms with Gasteiger partial charge in [0.2, 0.25) is 0 Å². The maximum Gasteiger partial charge on any atom is 0.262 e. The highest BCUT2D eigenvalue weighted by Crippen LogP contribution is 2.21. The minimum atomic E-state index is -3.72. The number of nitrogens with one attached hydrogen (secondary N) is 3. The fraction of sp³-hybridized carbons (Fsp3) is 0.316. The molecule has 0 aromatic heterocycles. The molecule has 146 valence electrons. The van der Waals surface area contributed by atoms with Crippen LogP contribution in [-0.2, 0) is 10.0 Å². The van der Waals surface area contributed by atoms with Crippen LogP contribution in [0.25, 0.3) is 0 Å². The first-order valence-corrected chi connectivity index (χ1v) is 10.0. The van der Waals surface area contributed by atoms with Crippen molar-refractivity contribution in [3.8, 4) is 0 Å².